The van der Waals surface area contributed by atoms with Crippen LogP contribution in [0.1, 0.15) is 7.85 Å². The van der Waals surface area contributed by atoms with Crippen LogP contribution in [0.4, 0.5) is 21.3 Å². The molecule has 2 heterocycles. The van der Waals surface area contributed by atoms with E-state index in [-0.39, 0.29) is 17.4 Å². The minimum absolute atomic E-state index is 0. The van der Waals surface area contributed by atoms with E-state index in [0.29, 0.717) is 24.3 Å². The molecule has 0 saturated carbocycles. The largest absolute Gasteiger partial charge is 0.436 e. The normalized spacial score (nSPS) is 16.2. The van der Waals surface area contributed by atoms with E-state index in [2.05, 4.69) is 15.0 Å². The Kier molecular flexibility index (Phi) is 5.87. The number of nitrogens with zero attached hydrogens (tertiary/aromatic N) is 2. The lowest BCUT2D eigenvalue weighted by Crippen LogP contribution is -2.33. The van der Waals surface area contributed by atoms with Gasteiger partial charge in [0.05, 0.1) is 4.90 Å². The van der Waals surface area contributed by atoms with Gasteiger partial charge in [0.2, 0.25) is 0 Å². The van der Waals surface area contributed by atoms with Crippen molar-refractivity contribution in [2.45, 2.75) is 17.4 Å². The van der Waals surface area contributed by atoms with E-state index in [1.807, 2.05) is 6.07 Å². The topological polar surface area (TPSA) is 118 Å². The molecule has 1 aliphatic rings. The van der Waals surface area contributed by atoms with E-state index in [4.69, 9.17) is 4.74 Å². The van der Waals surface area contributed by atoms with E-state index in [0.717, 1.165) is 0 Å². The zero-order valence-corrected chi connectivity index (χ0v) is 17.7. The summed E-state index contributed by atoms with van der Waals surface area (Å²) in [7, 11) is -3.78. The van der Waals surface area contributed by atoms with Crippen LogP contribution in [0, 0.1) is 0 Å². The van der Waals surface area contributed by atoms with Gasteiger partial charge in [0.1, 0.15) is 0 Å². The molecule has 1 fully saturated rings. The van der Waals surface area contributed by atoms with E-state index in [9.17, 15) is 18.0 Å². The number of aromatic nitrogens is 1. The molecule has 3 aromatic rings. The number of rotatable bonds is 6. The third-order valence-electron chi connectivity index (χ3n) is 4.54. The Morgan fingerprint density at radius 1 is 1.16 bits per heavy atom. The van der Waals surface area contributed by atoms with Crippen molar-refractivity contribution in [1.82, 2.24) is 4.98 Å². The number of carbonyl (C=O) groups excluding carboxylic acids is 2. The van der Waals surface area contributed by atoms with Crippen molar-refractivity contribution in [3.63, 3.8) is 0 Å². The molecule has 0 unspecified atom stereocenters. The Balaban J connectivity index is 0.00000289. The average molecular weight is 461 g/mol. The van der Waals surface area contributed by atoms with Crippen molar-refractivity contribution in [3.05, 3.63) is 66.2 Å². The van der Waals surface area contributed by atoms with Gasteiger partial charge < -0.3 is 9.64 Å². The molecule has 1 saturated heterocycles. The summed E-state index contributed by atoms with van der Waals surface area (Å²) in [6.07, 6.45) is 0.232. The van der Waals surface area contributed by atoms with Gasteiger partial charge in [-0.25, -0.2) is 18.2 Å². The molecule has 11 heteroatoms. The molecule has 1 aliphatic heterocycles. The zero-order valence-electron chi connectivity index (χ0n) is 16.1. The third kappa shape index (κ3) is 4.84. The molecule has 0 aliphatic carbocycles. The van der Waals surface area contributed by atoms with Crippen LogP contribution in [0.25, 0.3) is 0 Å². The van der Waals surface area contributed by atoms with E-state index >= 15 is 0 Å². The highest BCUT2D eigenvalue weighted by Crippen LogP contribution is 2.26. The first-order valence-corrected chi connectivity index (χ1v) is 11.6. The summed E-state index contributed by atoms with van der Waals surface area (Å²) in [5.41, 5.74) is 1.09. The number of hydrogen-bond donors (Lipinski definition) is 2. The number of sulfonamides is 1. The number of hydrogen-bond acceptors (Lipinski definition) is 7. The number of benzene rings is 2. The molecule has 1 atom stereocenters. The van der Waals surface area contributed by atoms with E-state index in [1.54, 1.807) is 41.8 Å². The second-order valence-corrected chi connectivity index (χ2v) is 9.18. The molecule has 1 aromatic heterocycles. The quantitative estimate of drug-likeness (QED) is 0.581. The summed E-state index contributed by atoms with van der Waals surface area (Å²) in [6.45, 7) is 0.353. The summed E-state index contributed by atoms with van der Waals surface area (Å²) in [5.74, 6) is -0.361. The van der Waals surface area contributed by atoms with E-state index < -0.39 is 22.2 Å². The predicted octanol–water partition coefficient (Wildman–Crippen LogP) is 3.54. The van der Waals surface area contributed by atoms with Crippen LogP contribution in [0.2, 0.25) is 0 Å². The molecule has 2 N–H and O–H groups in total. The lowest BCUT2D eigenvalue weighted by atomic mass is 10.3. The predicted molar refractivity (Wildman–Crippen MR) is 119 cm³/mol. The molecule has 2 aromatic carbocycles. The molecule has 4 rings (SSSR count). The van der Waals surface area contributed by atoms with Gasteiger partial charge in [-0.2, -0.15) is 0 Å². The summed E-state index contributed by atoms with van der Waals surface area (Å²) in [4.78, 5) is 30.1. The first-order chi connectivity index (χ1) is 14.9. The number of nitrogens with one attached hydrogen (secondary N) is 2. The van der Waals surface area contributed by atoms with Crippen LogP contribution < -0.4 is 14.9 Å². The molecule has 31 heavy (non-hydrogen) atoms. The van der Waals surface area contributed by atoms with Crippen molar-refractivity contribution in [1.29, 1.82) is 0 Å². The van der Waals surface area contributed by atoms with Gasteiger partial charge in [0, 0.05) is 37.3 Å². The SMILES string of the molecule is O=C(Nc1ccccc1)O[C@H]1CCN(c2ccc(S(=O)(=O)Nc3nccs3)cc2)C1=O.[HH]. The first-order valence-electron chi connectivity index (χ1n) is 9.29. The lowest BCUT2D eigenvalue weighted by Gasteiger charge is -2.17. The van der Waals surface area contributed by atoms with Crippen molar-refractivity contribution < 1.29 is 24.2 Å². The molecular weight excluding hydrogens is 440 g/mol. The van der Waals surface area contributed by atoms with Crippen LogP contribution in [-0.4, -0.2) is 38.1 Å². The van der Waals surface area contributed by atoms with Gasteiger partial charge >= 0.3 is 6.09 Å². The van der Waals surface area contributed by atoms with Crippen LogP contribution >= 0.6 is 11.3 Å². The second-order valence-electron chi connectivity index (χ2n) is 6.60. The number of para-hydroxylation sites is 1. The Hall–Kier alpha value is -3.44. The van der Waals surface area contributed by atoms with Gasteiger partial charge in [-0.1, -0.05) is 18.2 Å². The second kappa shape index (κ2) is 8.74. The Labute approximate surface area is 184 Å². The lowest BCUT2D eigenvalue weighted by molar-refractivity contribution is -0.124. The number of carbonyl (C=O) groups is 2. The third-order valence-corrected chi connectivity index (χ3v) is 6.71. The van der Waals surface area contributed by atoms with E-state index in [1.165, 1.54) is 34.6 Å². The zero-order chi connectivity index (χ0) is 21.8. The number of thiazole rings is 1. The number of ether oxygens (including phenoxy) is 1. The highest BCUT2D eigenvalue weighted by molar-refractivity contribution is 7.93. The van der Waals surface area contributed by atoms with Gasteiger partial charge in [-0.3, -0.25) is 14.8 Å². The summed E-state index contributed by atoms with van der Waals surface area (Å²) < 4.78 is 32.5. The summed E-state index contributed by atoms with van der Waals surface area (Å²) >= 11 is 1.17. The maximum Gasteiger partial charge on any atom is 0.412 e. The highest BCUT2D eigenvalue weighted by atomic mass is 32.2. The number of anilines is 3. The minimum atomic E-state index is -3.78. The number of amides is 2. The molecule has 0 radical (unpaired) electrons. The smallest absolute Gasteiger partial charge is 0.412 e. The van der Waals surface area contributed by atoms with Crippen molar-refractivity contribution >= 4 is 49.9 Å². The Morgan fingerprint density at radius 2 is 1.90 bits per heavy atom. The van der Waals surface area contributed by atoms with Crippen molar-refractivity contribution in [2.75, 3.05) is 21.5 Å². The minimum Gasteiger partial charge on any atom is -0.436 e. The van der Waals surface area contributed by atoms with Crippen molar-refractivity contribution in [2.24, 2.45) is 0 Å². The fourth-order valence-electron chi connectivity index (χ4n) is 3.07. The average Bonchev–Trinajstić information content (AvgIpc) is 3.38. The summed E-state index contributed by atoms with van der Waals surface area (Å²) in [6, 6.07) is 14.7. The van der Waals surface area contributed by atoms with Gasteiger partial charge in [-0.15, -0.1) is 11.3 Å². The highest BCUT2D eigenvalue weighted by Gasteiger charge is 2.35. The Bertz CT molecular complexity index is 1170. The van der Waals surface area contributed by atoms with Crippen molar-refractivity contribution in [3.8, 4) is 0 Å². The first kappa shape index (κ1) is 20.8. The molecule has 0 bridgehead atoms. The van der Waals surface area contributed by atoms with Crippen LogP contribution in [0.15, 0.2) is 71.1 Å². The monoisotopic (exact) mass is 460 g/mol. The fraction of sp³-hybridized carbons (Fsp3) is 0.150. The van der Waals surface area contributed by atoms with Crippen LogP contribution in [-0.2, 0) is 19.6 Å². The Morgan fingerprint density at radius 3 is 2.58 bits per heavy atom. The standard InChI is InChI=1S/C20H18N4O5S2.H2/c25-18-17(29-20(26)22-14-4-2-1-3-5-14)10-12-24(18)15-6-8-16(9-7-15)31(27,28)23-19-21-11-13-30-19;/h1-9,11,13,17H,10,12H2,(H,21,23)(H,22,26);1H/t17-;/m0./s1. The molecule has 0 spiro atoms. The van der Waals surface area contributed by atoms with Gasteiger partial charge in [-0.05, 0) is 36.4 Å². The van der Waals surface area contributed by atoms with Gasteiger partial charge in [0.15, 0.2) is 11.2 Å². The van der Waals surface area contributed by atoms with Crippen LogP contribution in [0.5, 0.6) is 0 Å². The molecular formula is C20H20N4O5S2. The van der Waals surface area contributed by atoms with Gasteiger partial charge in [0.25, 0.3) is 15.9 Å². The fourth-order valence-corrected chi connectivity index (χ4v) is 4.86. The summed E-state index contributed by atoms with van der Waals surface area (Å²) in [5, 5.41) is 4.51. The molecule has 2 amide bonds. The molecule has 9 nitrogen and oxygen atoms in total. The maximum atomic E-state index is 12.7. The maximum absolute atomic E-state index is 12.7. The van der Waals surface area contributed by atoms with Crippen LogP contribution in [0.3, 0.4) is 0 Å². The molecule has 162 valence electrons.